The summed E-state index contributed by atoms with van der Waals surface area (Å²) in [5, 5.41) is 3.48. The van der Waals surface area contributed by atoms with E-state index in [2.05, 4.69) is 10.3 Å². The molecule has 116 valence electrons. The van der Waals surface area contributed by atoms with Gasteiger partial charge in [0.15, 0.2) is 10.7 Å². The zero-order valence-electron chi connectivity index (χ0n) is 12.7. The monoisotopic (exact) mass is 312 g/mol. The Hall–Kier alpha value is -1.89. The van der Waals surface area contributed by atoms with Crippen LogP contribution in [0.1, 0.15) is 31.3 Å². The van der Waals surface area contributed by atoms with Crippen LogP contribution in [0.3, 0.4) is 0 Å². The van der Waals surface area contributed by atoms with Crippen LogP contribution in [0.5, 0.6) is 0 Å². The van der Waals surface area contributed by atoms with E-state index in [1.807, 2.05) is 13.8 Å². The lowest BCUT2D eigenvalue weighted by Gasteiger charge is -2.06. The van der Waals surface area contributed by atoms with Gasteiger partial charge in [0.2, 0.25) is 0 Å². The standard InChI is InChI=1S/C14H20N2O4S/c1-5-11-9(4)21-14(16-11)15-8-10(12(17)19-6-2)13(18)20-7-3/h8H,5-7H2,1-4H3,(H,15,16). The average Bonchev–Trinajstić information content (AvgIpc) is 2.80. The molecule has 1 aromatic heterocycles. The maximum absolute atomic E-state index is 11.8. The second-order valence-corrected chi connectivity index (χ2v) is 5.22. The lowest BCUT2D eigenvalue weighted by atomic mass is 10.3. The number of rotatable bonds is 7. The van der Waals surface area contributed by atoms with Gasteiger partial charge in [0, 0.05) is 11.1 Å². The van der Waals surface area contributed by atoms with E-state index in [4.69, 9.17) is 9.47 Å². The molecule has 0 atom stereocenters. The topological polar surface area (TPSA) is 77.5 Å². The minimum atomic E-state index is -0.715. The van der Waals surface area contributed by atoms with Crippen molar-refractivity contribution in [3.63, 3.8) is 0 Å². The summed E-state index contributed by atoms with van der Waals surface area (Å²) in [5.74, 6) is -1.43. The summed E-state index contributed by atoms with van der Waals surface area (Å²) < 4.78 is 9.69. The lowest BCUT2D eigenvalue weighted by Crippen LogP contribution is -2.19. The third kappa shape index (κ3) is 4.86. The molecule has 1 aromatic rings. The maximum Gasteiger partial charge on any atom is 0.347 e. The van der Waals surface area contributed by atoms with E-state index in [0.29, 0.717) is 5.13 Å². The Labute approximate surface area is 128 Å². The number of hydrogen-bond acceptors (Lipinski definition) is 7. The number of nitrogens with one attached hydrogen (secondary N) is 1. The zero-order chi connectivity index (χ0) is 15.8. The highest BCUT2D eigenvalue weighted by atomic mass is 32.1. The molecule has 1 rings (SSSR count). The summed E-state index contributed by atoms with van der Waals surface area (Å²) >= 11 is 1.46. The van der Waals surface area contributed by atoms with E-state index in [-0.39, 0.29) is 18.8 Å². The van der Waals surface area contributed by atoms with Crippen LogP contribution in [0.4, 0.5) is 5.13 Å². The van der Waals surface area contributed by atoms with Gasteiger partial charge in [0.25, 0.3) is 0 Å². The van der Waals surface area contributed by atoms with E-state index in [1.165, 1.54) is 17.5 Å². The second-order valence-electron chi connectivity index (χ2n) is 4.02. The van der Waals surface area contributed by atoms with Crippen molar-refractivity contribution in [3.8, 4) is 0 Å². The summed E-state index contributed by atoms with van der Waals surface area (Å²) in [5.41, 5.74) is 0.814. The van der Waals surface area contributed by atoms with Gasteiger partial charge in [-0.25, -0.2) is 14.6 Å². The van der Waals surface area contributed by atoms with Crippen molar-refractivity contribution in [2.75, 3.05) is 18.5 Å². The Morgan fingerprint density at radius 2 is 1.76 bits per heavy atom. The summed E-state index contributed by atoms with van der Waals surface area (Å²) in [7, 11) is 0. The molecule has 0 unspecified atom stereocenters. The quantitative estimate of drug-likeness (QED) is 0.361. The van der Waals surface area contributed by atoms with Gasteiger partial charge in [-0.3, -0.25) is 0 Å². The van der Waals surface area contributed by atoms with Crippen LogP contribution in [0.15, 0.2) is 11.8 Å². The Morgan fingerprint density at radius 3 is 2.19 bits per heavy atom. The smallest absolute Gasteiger partial charge is 0.347 e. The van der Waals surface area contributed by atoms with Crippen LogP contribution in [-0.2, 0) is 25.5 Å². The number of carbonyl (C=O) groups is 2. The molecule has 7 heteroatoms. The third-order valence-electron chi connectivity index (χ3n) is 2.56. The fourth-order valence-corrected chi connectivity index (χ4v) is 2.44. The van der Waals surface area contributed by atoms with Gasteiger partial charge in [-0.1, -0.05) is 6.92 Å². The molecule has 0 saturated heterocycles. The van der Waals surface area contributed by atoms with Gasteiger partial charge in [0.05, 0.1) is 18.9 Å². The predicted octanol–water partition coefficient (Wildman–Crippen LogP) is 2.44. The lowest BCUT2D eigenvalue weighted by molar-refractivity contribution is -0.146. The molecule has 0 aliphatic rings. The van der Waals surface area contributed by atoms with Gasteiger partial charge in [0.1, 0.15) is 0 Å². The largest absolute Gasteiger partial charge is 0.462 e. The number of aryl methyl sites for hydroxylation is 2. The summed E-state index contributed by atoms with van der Waals surface area (Å²) in [6.07, 6.45) is 2.12. The maximum atomic E-state index is 11.8. The fourth-order valence-electron chi connectivity index (χ4n) is 1.57. The zero-order valence-corrected chi connectivity index (χ0v) is 13.5. The SMILES string of the molecule is CCOC(=O)C(=CNc1nc(CC)c(C)s1)C(=O)OCC. The molecular formula is C14H20N2O4S. The number of hydrogen-bond donors (Lipinski definition) is 1. The van der Waals surface area contributed by atoms with E-state index in [1.54, 1.807) is 13.8 Å². The van der Waals surface area contributed by atoms with Crippen molar-refractivity contribution in [1.82, 2.24) is 4.98 Å². The van der Waals surface area contributed by atoms with Crippen molar-refractivity contribution in [3.05, 3.63) is 22.3 Å². The molecule has 21 heavy (non-hydrogen) atoms. The third-order valence-corrected chi connectivity index (χ3v) is 3.50. The van der Waals surface area contributed by atoms with E-state index in [9.17, 15) is 9.59 Å². The van der Waals surface area contributed by atoms with Crippen molar-refractivity contribution in [2.24, 2.45) is 0 Å². The number of nitrogens with zero attached hydrogens (tertiary/aromatic N) is 1. The Kier molecular flexibility index (Phi) is 6.87. The first-order valence-electron chi connectivity index (χ1n) is 6.80. The summed E-state index contributed by atoms with van der Waals surface area (Å²) in [6.45, 7) is 7.71. The first-order valence-corrected chi connectivity index (χ1v) is 7.62. The Bertz CT molecular complexity index is 517. The average molecular weight is 312 g/mol. The number of anilines is 1. The highest BCUT2D eigenvalue weighted by Crippen LogP contribution is 2.22. The first kappa shape index (κ1) is 17.2. The number of esters is 2. The number of carbonyl (C=O) groups excluding carboxylic acids is 2. The van der Waals surface area contributed by atoms with Gasteiger partial charge in [-0.15, -0.1) is 11.3 Å². The van der Waals surface area contributed by atoms with Crippen LogP contribution < -0.4 is 5.32 Å². The fraction of sp³-hybridized carbons (Fsp3) is 0.500. The van der Waals surface area contributed by atoms with Crippen LogP contribution in [0.2, 0.25) is 0 Å². The Morgan fingerprint density at radius 1 is 1.19 bits per heavy atom. The highest BCUT2D eigenvalue weighted by Gasteiger charge is 2.21. The molecule has 1 heterocycles. The van der Waals surface area contributed by atoms with Crippen molar-refractivity contribution in [1.29, 1.82) is 0 Å². The normalized spacial score (nSPS) is 9.90. The van der Waals surface area contributed by atoms with Gasteiger partial charge >= 0.3 is 11.9 Å². The first-order chi connectivity index (χ1) is 10.0. The molecule has 0 bridgehead atoms. The van der Waals surface area contributed by atoms with Crippen molar-refractivity contribution in [2.45, 2.75) is 34.1 Å². The molecule has 0 radical (unpaired) electrons. The van der Waals surface area contributed by atoms with Crippen molar-refractivity contribution >= 4 is 28.4 Å². The molecule has 1 N–H and O–H groups in total. The predicted molar refractivity (Wildman–Crippen MR) is 81.2 cm³/mol. The van der Waals surface area contributed by atoms with E-state index < -0.39 is 11.9 Å². The number of thiazole rings is 1. The minimum absolute atomic E-state index is 0.176. The molecule has 0 aliphatic heterocycles. The molecule has 6 nitrogen and oxygen atoms in total. The molecule has 0 aliphatic carbocycles. The minimum Gasteiger partial charge on any atom is -0.462 e. The van der Waals surface area contributed by atoms with Crippen LogP contribution in [0.25, 0.3) is 0 Å². The summed E-state index contributed by atoms with van der Waals surface area (Å²) in [6, 6.07) is 0. The van der Waals surface area contributed by atoms with Crippen LogP contribution >= 0.6 is 11.3 Å². The van der Waals surface area contributed by atoms with Gasteiger partial charge in [-0.05, 0) is 27.2 Å². The summed E-state index contributed by atoms with van der Waals surface area (Å²) in [4.78, 5) is 29.0. The molecule has 0 aromatic carbocycles. The molecule has 0 spiro atoms. The molecular weight excluding hydrogens is 292 g/mol. The van der Waals surface area contributed by atoms with Crippen molar-refractivity contribution < 1.29 is 19.1 Å². The van der Waals surface area contributed by atoms with E-state index in [0.717, 1.165) is 17.0 Å². The highest BCUT2D eigenvalue weighted by molar-refractivity contribution is 7.15. The molecule has 0 fully saturated rings. The number of aromatic nitrogens is 1. The van der Waals surface area contributed by atoms with Gasteiger partial charge < -0.3 is 14.8 Å². The second kappa shape index (κ2) is 8.41. The number of ether oxygens (including phenoxy) is 2. The Balaban J connectivity index is 2.90. The van der Waals surface area contributed by atoms with Crippen LogP contribution in [0, 0.1) is 6.92 Å². The molecule has 0 saturated carbocycles. The molecule has 0 amide bonds. The van der Waals surface area contributed by atoms with Gasteiger partial charge in [-0.2, -0.15) is 0 Å². The van der Waals surface area contributed by atoms with Crippen LogP contribution in [-0.4, -0.2) is 30.1 Å². The van der Waals surface area contributed by atoms with E-state index >= 15 is 0 Å².